The van der Waals surface area contributed by atoms with Crippen LogP contribution in [0.15, 0.2) is 73.2 Å². The minimum Gasteiger partial charge on any atom is -0.490 e. The highest BCUT2D eigenvalue weighted by Gasteiger charge is 2.23. The number of piperidine rings is 1. The zero-order valence-corrected chi connectivity index (χ0v) is 26.3. The second-order valence-electron chi connectivity index (χ2n) is 11.8. The zero-order chi connectivity index (χ0) is 32.8. The average Bonchev–Trinajstić information content (AvgIpc) is 3.67. The number of likely N-dealkylation sites (tertiary alicyclic amines) is 1. The largest absolute Gasteiger partial charge is 0.490 e. The molecule has 10 nitrogen and oxygen atoms in total. The van der Waals surface area contributed by atoms with E-state index < -0.39 is 11.8 Å². The number of carbonyl (C=O) groups is 1. The van der Waals surface area contributed by atoms with E-state index in [0.29, 0.717) is 19.5 Å². The highest BCUT2D eigenvalue weighted by Crippen LogP contribution is 2.26. The number of benzene rings is 3. The Kier molecular flexibility index (Phi) is 9.78. The van der Waals surface area contributed by atoms with E-state index in [-0.39, 0.29) is 30.4 Å². The zero-order valence-electron chi connectivity index (χ0n) is 26.3. The summed E-state index contributed by atoms with van der Waals surface area (Å²) in [6.45, 7) is 6.11. The van der Waals surface area contributed by atoms with Gasteiger partial charge in [-0.3, -0.25) is 9.69 Å². The van der Waals surface area contributed by atoms with E-state index in [1.807, 2.05) is 55.0 Å². The van der Waals surface area contributed by atoms with Crippen LogP contribution in [0, 0.1) is 17.1 Å². The van der Waals surface area contributed by atoms with E-state index in [9.17, 15) is 14.3 Å². The van der Waals surface area contributed by atoms with E-state index in [4.69, 9.17) is 19.7 Å². The summed E-state index contributed by atoms with van der Waals surface area (Å²) in [5.41, 5.74) is 5.07. The lowest BCUT2D eigenvalue weighted by Crippen LogP contribution is -2.38. The standard InChI is InChI=1S/C36H37FN6O4/c1-2-42-24-39-20-28(42)21-43-33-18-25(8-11-36(44)45)6-9-32(33)40-35(43)22-41-14-12-29(13-15-41)47-30-5-3-4-27(16-30)23-46-34-10-7-26(19-38)17-31(34)37/h3-7,9-10,16-18,20,24,29H,2,8,11-15,21-23H2,1H3,(H,44,45). The molecule has 6 rings (SSSR count). The molecule has 0 bridgehead atoms. The number of hydrogen-bond acceptors (Lipinski definition) is 7. The third-order valence-corrected chi connectivity index (χ3v) is 8.53. The fraction of sp³-hybridized carbons (Fsp3) is 0.333. The highest BCUT2D eigenvalue weighted by molar-refractivity contribution is 5.77. The van der Waals surface area contributed by atoms with Crippen molar-refractivity contribution in [2.24, 2.45) is 0 Å². The molecular formula is C36H37FN6O4. The molecule has 0 aliphatic carbocycles. The summed E-state index contributed by atoms with van der Waals surface area (Å²) in [6.07, 6.45) is 6.07. The monoisotopic (exact) mass is 636 g/mol. The number of aliphatic carboxylic acids is 1. The normalized spacial score (nSPS) is 13.9. The number of hydrogen-bond donors (Lipinski definition) is 1. The van der Waals surface area contributed by atoms with Crippen molar-refractivity contribution in [3.63, 3.8) is 0 Å². The van der Waals surface area contributed by atoms with Gasteiger partial charge in [-0.25, -0.2) is 14.4 Å². The van der Waals surface area contributed by atoms with Crippen LogP contribution in [0.2, 0.25) is 0 Å². The molecule has 0 atom stereocenters. The van der Waals surface area contributed by atoms with Crippen molar-refractivity contribution in [3.05, 3.63) is 107 Å². The van der Waals surface area contributed by atoms with Gasteiger partial charge >= 0.3 is 5.97 Å². The molecule has 1 aliphatic heterocycles. The van der Waals surface area contributed by atoms with E-state index in [1.165, 1.54) is 18.2 Å². The minimum absolute atomic E-state index is 0.0629. The maximum absolute atomic E-state index is 14.2. The second kappa shape index (κ2) is 14.5. The molecular weight excluding hydrogens is 599 g/mol. The lowest BCUT2D eigenvalue weighted by Gasteiger charge is -2.32. The first-order chi connectivity index (χ1) is 22.9. The van der Waals surface area contributed by atoms with E-state index in [0.717, 1.165) is 71.9 Å². The number of nitriles is 1. The van der Waals surface area contributed by atoms with Gasteiger partial charge in [0.15, 0.2) is 11.6 Å². The summed E-state index contributed by atoms with van der Waals surface area (Å²) in [5.74, 6) is 0.442. The number of nitrogens with zero attached hydrogens (tertiary/aromatic N) is 6. The summed E-state index contributed by atoms with van der Waals surface area (Å²) < 4.78 is 30.6. The van der Waals surface area contributed by atoms with Crippen LogP contribution in [-0.2, 0) is 37.5 Å². The van der Waals surface area contributed by atoms with Gasteiger partial charge in [-0.2, -0.15) is 5.26 Å². The number of imidazole rings is 2. The highest BCUT2D eigenvalue weighted by atomic mass is 19.1. The van der Waals surface area contributed by atoms with Crippen molar-refractivity contribution in [1.29, 1.82) is 5.26 Å². The first-order valence-corrected chi connectivity index (χ1v) is 15.9. The molecule has 0 amide bonds. The fourth-order valence-corrected chi connectivity index (χ4v) is 5.98. The van der Waals surface area contributed by atoms with Crippen molar-refractivity contribution in [3.8, 4) is 17.6 Å². The molecule has 1 fully saturated rings. The van der Waals surface area contributed by atoms with Crippen LogP contribution in [0.25, 0.3) is 11.0 Å². The summed E-state index contributed by atoms with van der Waals surface area (Å²) in [4.78, 5) is 23.0. The number of halogens is 1. The molecule has 47 heavy (non-hydrogen) atoms. The van der Waals surface area contributed by atoms with Crippen LogP contribution in [0.1, 0.15) is 54.4 Å². The van der Waals surface area contributed by atoms with Gasteiger partial charge in [-0.1, -0.05) is 18.2 Å². The van der Waals surface area contributed by atoms with Crippen molar-refractivity contribution >= 4 is 17.0 Å². The molecule has 3 heterocycles. The average molecular weight is 637 g/mol. The molecule has 1 N–H and O–H groups in total. The van der Waals surface area contributed by atoms with Crippen molar-refractivity contribution in [2.45, 2.75) is 65.0 Å². The quantitative estimate of drug-likeness (QED) is 0.168. The second-order valence-corrected chi connectivity index (χ2v) is 11.8. The van der Waals surface area contributed by atoms with Gasteiger partial charge in [0, 0.05) is 32.3 Å². The van der Waals surface area contributed by atoms with Crippen LogP contribution >= 0.6 is 0 Å². The molecule has 0 radical (unpaired) electrons. The third-order valence-electron chi connectivity index (χ3n) is 8.53. The van der Waals surface area contributed by atoms with Gasteiger partial charge in [0.2, 0.25) is 0 Å². The van der Waals surface area contributed by atoms with Crippen molar-refractivity contribution in [2.75, 3.05) is 13.1 Å². The molecule has 1 saturated heterocycles. The SMILES string of the molecule is CCn1cncc1Cn1c(CN2CCC(Oc3cccc(COc4ccc(C#N)cc4F)c3)CC2)nc2ccc(CCC(=O)O)cc21. The Labute approximate surface area is 272 Å². The molecule has 0 unspecified atom stereocenters. The van der Waals surface area contributed by atoms with Crippen LogP contribution in [-0.4, -0.2) is 54.3 Å². The minimum atomic E-state index is -0.809. The van der Waals surface area contributed by atoms with Gasteiger partial charge in [0.05, 0.1) is 47.8 Å². The van der Waals surface area contributed by atoms with Gasteiger partial charge in [-0.05, 0) is 79.8 Å². The molecule has 0 spiro atoms. The van der Waals surface area contributed by atoms with Crippen molar-refractivity contribution in [1.82, 2.24) is 24.0 Å². The summed E-state index contributed by atoms with van der Waals surface area (Å²) in [7, 11) is 0. The van der Waals surface area contributed by atoms with Crippen LogP contribution in [0.3, 0.4) is 0 Å². The number of ether oxygens (including phenoxy) is 2. The molecule has 242 valence electrons. The predicted octanol–water partition coefficient (Wildman–Crippen LogP) is 5.95. The Morgan fingerprint density at radius 3 is 2.70 bits per heavy atom. The van der Waals surface area contributed by atoms with Gasteiger partial charge in [0.1, 0.15) is 24.3 Å². The molecule has 2 aromatic heterocycles. The number of carboxylic acid groups (broad SMARTS) is 1. The fourth-order valence-electron chi connectivity index (χ4n) is 5.98. The molecule has 5 aromatic rings. The number of rotatable bonds is 13. The van der Waals surface area contributed by atoms with Crippen LogP contribution < -0.4 is 9.47 Å². The first-order valence-electron chi connectivity index (χ1n) is 15.9. The van der Waals surface area contributed by atoms with Crippen LogP contribution in [0.4, 0.5) is 4.39 Å². The van der Waals surface area contributed by atoms with E-state index in [1.54, 1.807) is 0 Å². The third kappa shape index (κ3) is 7.79. The summed E-state index contributed by atoms with van der Waals surface area (Å²) in [5, 5.41) is 18.1. The predicted molar refractivity (Wildman–Crippen MR) is 174 cm³/mol. The Bertz CT molecular complexity index is 1900. The number of aryl methyl sites for hydroxylation is 2. The Morgan fingerprint density at radius 2 is 1.94 bits per heavy atom. The number of carboxylic acids is 1. The molecule has 3 aromatic carbocycles. The lowest BCUT2D eigenvalue weighted by atomic mass is 10.1. The van der Waals surface area contributed by atoms with Crippen LogP contribution in [0.5, 0.6) is 11.5 Å². The Hall–Kier alpha value is -5.21. The smallest absolute Gasteiger partial charge is 0.303 e. The van der Waals surface area contributed by atoms with Crippen molar-refractivity contribution < 1.29 is 23.8 Å². The number of aromatic nitrogens is 4. The van der Waals surface area contributed by atoms with E-state index in [2.05, 4.69) is 32.0 Å². The van der Waals surface area contributed by atoms with Gasteiger partial charge in [0.25, 0.3) is 0 Å². The maximum Gasteiger partial charge on any atom is 0.303 e. The lowest BCUT2D eigenvalue weighted by molar-refractivity contribution is -0.136. The number of fused-ring (bicyclic) bond motifs is 1. The van der Waals surface area contributed by atoms with Gasteiger partial charge in [-0.15, -0.1) is 0 Å². The molecule has 0 saturated carbocycles. The Morgan fingerprint density at radius 1 is 1.09 bits per heavy atom. The Balaban J connectivity index is 1.09. The maximum atomic E-state index is 14.2. The van der Waals surface area contributed by atoms with E-state index >= 15 is 0 Å². The molecule has 1 aliphatic rings. The first kappa shape index (κ1) is 31.8. The summed E-state index contributed by atoms with van der Waals surface area (Å²) in [6, 6.07) is 19.8. The molecule has 11 heteroatoms. The summed E-state index contributed by atoms with van der Waals surface area (Å²) >= 11 is 0. The van der Waals surface area contributed by atoms with Gasteiger partial charge < -0.3 is 23.7 Å². The topological polar surface area (TPSA) is 118 Å².